The van der Waals surface area contributed by atoms with Crippen molar-refractivity contribution in [3.63, 3.8) is 0 Å². The molecule has 3 aromatic carbocycles. The lowest BCUT2D eigenvalue weighted by Gasteiger charge is -2.19. The molecule has 0 saturated carbocycles. The molecule has 4 rings (SSSR count). The highest BCUT2D eigenvalue weighted by Gasteiger charge is 2.17. The predicted molar refractivity (Wildman–Crippen MR) is 122 cm³/mol. The summed E-state index contributed by atoms with van der Waals surface area (Å²) in [4.78, 5) is 1.45. The standard InChI is InChI=1S/C26H28S/c1-25(2,3)22-12-11-18-13-17(7-8-19(18)14-22)20-9-10-21-16-24(26(4,5)6)27-23(21)15-20/h7-16H,1-6H3. The molecule has 0 amide bonds. The first-order valence-corrected chi connectivity index (χ1v) is 10.5. The third kappa shape index (κ3) is 3.53. The maximum atomic E-state index is 2.35. The molecular weight excluding hydrogens is 344 g/mol. The van der Waals surface area contributed by atoms with Crippen molar-refractivity contribution < 1.29 is 0 Å². The van der Waals surface area contributed by atoms with Crippen molar-refractivity contribution in [3.05, 3.63) is 71.1 Å². The van der Waals surface area contributed by atoms with Crippen LogP contribution >= 0.6 is 11.3 Å². The topological polar surface area (TPSA) is 0 Å². The average molecular weight is 373 g/mol. The van der Waals surface area contributed by atoms with Gasteiger partial charge < -0.3 is 0 Å². The normalized spacial score (nSPS) is 12.8. The Balaban J connectivity index is 1.77. The van der Waals surface area contributed by atoms with Crippen LogP contribution in [0.25, 0.3) is 32.0 Å². The summed E-state index contributed by atoms with van der Waals surface area (Å²) < 4.78 is 1.38. The molecule has 1 heterocycles. The van der Waals surface area contributed by atoms with E-state index in [2.05, 4.69) is 102 Å². The van der Waals surface area contributed by atoms with E-state index in [1.54, 1.807) is 0 Å². The summed E-state index contributed by atoms with van der Waals surface area (Å²) in [6.45, 7) is 13.7. The smallest absolute Gasteiger partial charge is 0.0352 e. The van der Waals surface area contributed by atoms with Gasteiger partial charge in [0.25, 0.3) is 0 Å². The number of benzene rings is 3. The molecule has 0 aliphatic rings. The molecule has 0 radical (unpaired) electrons. The number of thiophene rings is 1. The Labute approximate surface area is 166 Å². The van der Waals surface area contributed by atoms with Gasteiger partial charge in [-0.05, 0) is 61.9 Å². The monoisotopic (exact) mass is 372 g/mol. The molecule has 0 fully saturated rings. The van der Waals surface area contributed by atoms with Crippen LogP contribution in [-0.4, -0.2) is 0 Å². The zero-order chi connectivity index (χ0) is 19.4. The van der Waals surface area contributed by atoms with Gasteiger partial charge in [0.05, 0.1) is 0 Å². The van der Waals surface area contributed by atoms with Gasteiger partial charge >= 0.3 is 0 Å². The van der Waals surface area contributed by atoms with Gasteiger partial charge in [-0.2, -0.15) is 0 Å². The molecule has 0 bridgehead atoms. The maximum absolute atomic E-state index is 2.35. The Morgan fingerprint density at radius 1 is 0.556 bits per heavy atom. The van der Waals surface area contributed by atoms with Crippen LogP contribution in [0.2, 0.25) is 0 Å². The summed E-state index contributed by atoms with van der Waals surface area (Å²) in [5.74, 6) is 0. The van der Waals surface area contributed by atoms with Crippen LogP contribution in [0.3, 0.4) is 0 Å². The average Bonchev–Trinajstić information content (AvgIpc) is 3.03. The number of hydrogen-bond donors (Lipinski definition) is 0. The minimum atomic E-state index is 0.182. The first-order valence-electron chi connectivity index (χ1n) is 9.70. The molecule has 1 heteroatoms. The van der Waals surface area contributed by atoms with Crippen molar-refractivity contribution in [1.82, 2.24) is 0 Å². The Bertz CT molecular complexity index is 1130. The molecule has 0 saturated heterocycles. The number of fused-ring (bicyclic) bond motifs is 2. The van der Waals surface area contributed by atoms with Crippen LogP contribution in [0.1, 0.15) is 52.0 Å². The molecule has 0 N–H and O–H groups in total. The molecule has 1 aromatic heterocycles. The first-order chi connectivity index (χ1) is 12.6. The fourth-order valence-electron chi connectivity index (χ4n) is 3.47. The second-order valence-electron chi connectivity index (χ2n) is 9.64. The molecular formula is C26H28S. The lowest BCUT2D eigenvalue weighted by molar-refractivity contribution is 0.591. The van der Waals surface area contributed by atoms with E-state index in [0.717, 1.165) is 0 Å². The van der Waals surface area contributed by atoms with Crippen LogP contribution in [0, 0.1) is 0 Å². The van der Waals surface area contributed by atoms with Gasteiger partial charge in [-0.15, -0.1) is 11.3 Å². The Kier molecular flexibility index (Phi) is 4.20. The van der Waals surface area contributed by atoms with Crippen molar-refractivity contribution in [3.8, 4) is 11.1 Å². The maximum Gasteiger partial charge on any atom is 0.0352 e. The molecule has 138 valence electrons. The van der Waals surface area contributed by atoms with E-state index in [0.29, 0.717) is 0 Å². The highest BCUT2D eigenvalue weighted by atomic mass is 32.1. The summed E-state index contributed by atoms with van der Waals surface area (Å²) in [7, 11) is 0. The van der Waals surface area contributed by atoms with E-state index < -0.39 is 0 Å². The van der Waals surface area contributed by atoms with E-state index in [4.69, 9.17) is 0 Å². The zero-order valence-corrected chi connectivity index (χ0v) is 18.0. The van der Waals surface area contributed by atoms with E-state index in [9.17, 15) is 0 Å². The number of hydrogen-bond acceptors (Lipinski definition) is 1. The van der Waals surface area contributed by atoms with Crippen LogP contribution in [0.5, 0.6) is 0 Å². The highest BCUT2D eigenvalue weighted by Crippen LogP contribution is 2.37. The summed E-state index contributed by atoms with van der Waals surface area (Å²) in [6, 6.07) is 22.9. The summed E-state index contributed by atoms with van der Waals surface area (Å²) in [5, 5.41) is 3.98. The number of rotatable bonds is 1. The van der Waals surface area contributed by atoms with Gasteiger partial charge in [-0.25, -0.2) is 0 Å². The van der Waals surface area contributed by atoms with E-state index in [-0.39, 0.29) is 10.8 Å². The minimum Gasteiger partial charge on any atom is -0.140 e. The Morgan fingerprint density at radius 2 is 1.15 bits per heavy atom. The largest absolute Gasteiger partial charge is 0.140 e. The summed E-state index contributed by atoms with van der Waals surface area (Å²) >= 11 is 1.92. The van der Waals surface area contributed by atoms with Crippen molar-refractivity contribution in [1.29, 1.82) is 0 Å². The molecule has 4 aromatic rings. The third-order valence-electron chi connectivity index (χ3n) is 5.30. The molecule has 0 spiro atoms. The van der Waals surface area contributed by atoms with Crippen molar-refractivity contribution in [2.45, 2.75) is 52.4 Å². The minimum absolute atomic E-state index is 0.182. The zero-order valence-electron chi connectivity index (χ0n) is 17.2. The third-order valence-corrected chi connectivity index (χ3v) is 6.82. The fraction of sp³-hybridized carbons (Fsp3) is 0.308. The van der Waals surface area contributed by atoms with Gasteiger partial charge in [0.15, 0.2) is 0 Å². The van der Waals surface area contributed by atoms with Gasteiger partial charge in [-0.1, -0.05) is 84.0 Å². The van der Waals surface area contributed by atoms with E-state index in [1.165, 1.54) is 42.4 Å². The van der Waals surface area contributed by atoms with Crippen molar-refractivity contribution in [2.24, 2.45) is 0 Å². The highest BCUT2D eigenvalue weighted by molar-refractivity contribution is 7.19. The molecule has 27 heavy (non-hydrogen) atoms. The molecule has 0 unspecified atom stereocenters. The van der Waals surface area contributed by atoms with Crippen LogP contribution in [-0.2, 0) is 10.8 Å². The van der Waals surface area contributed by atoms with Crippen LogP contribution < -0.4 is 0 Å². The van der Waals surface area contributed by atoms with Gasteiger partial charge in [-0.3, -0.25) is 0 Å². The predicted octanol–water partition coefficient (Wildman–Crippen LogP) is 8.32. The van der Waals surface area contributed by atoms with Gasteiger partial charge in [0, 0.05) is 9.58 Å². The lowest BCUT2D eigenvalue weighted by Crippen LogP contribution is -2.10. The van der Waals surface area contributed by atoms with Gasteiger partial charge in [0.1, 0.15) is 0 Å². The molecule has 0 atom stereocenters. The Hall–Kier alpha value is -2.12. The molecule has 0 aliphatic heterocycles. The summed E-state index contributed by atoms with van der Waals surface area (Å²) in [5.41, 5.74) is 4.36. The lowest BCUT2D eigenvalue weighted by atomic mass is 9.85. The molecule has 0 nitrogen and oxygen atoms in total. The van der Waals surface area contributed by atoms with Gasteiger partial charge in [0.2, 0.25) is 0 Å². The second-order valence-corrected chi connectivity index (χ2v) is 10.7. The van der Waals surface area contributed by atoms with E-state index in [1.807, 2.05) is 11.3 Å². The molecule has 0 aliphatic carbocycles. The van der Waals surface area contributed by atoms with Crippen molar-refractivity contribution in [2.75, 3.05) is 0 Å². The van der Waals surface area contributed by atoms with E-state index >= 15 is 0 Å². The summed E-state index contributed by atoms with van der Waals surface area (Å²) in [6.07, 6.45) is 0. The van der Waals surface area contributed by atoms with Crippen LogP contribution in [0.4, 0.5) is 0 Å². The fourth-order valence-corrected chi connectivity index (χ4v) is 4.63. The van der Waals surface area contributed by atoms with Crippen LogP contribution in [0.15, 0.2) is 60.7 Å². The first kappa shape index (κ1) is 18.3. The van der Waals surface area contributed by atoms with Crippen molar-refractivity contribution >= 4 is 32.2 Å². The SMILES string of the molecule is CC(C)(C)c1ccc2cc(-c3ccc4cc(C(C)(C)C)sc4c3)ccc2c1. The Morgan fingerprint density at radius 3 is 1.81 bits per heavy atom. The quantitative estimate of drug-likeness (QED) is 0.315. The second kappa shape index (κ2) is 6.21.